The third-order valence-electron chi connectivity index (χ3n) is 9.05. The Hall–Kier alpha value is -3.89. The lowest BCUT2D eigenvalue weighted by molar-refractivity contribution is 0.297. The van der Waals surface area contributed by atoms with E-state index < -0.39 is 0 Å². The second kappa shape index (κ2) is 10.0. The molecule has 39 heavy (non-hydrogen) atoms. The number of benzene rings is 2. The lowest BCUT2D eigenvalue weighted by atomic mass is 9.87. The van der Waals surface area contributed by atoms with Gasteiger partial charge in [-0.05, 0) is 98.0 Å². The van der Waals surface area contributed by atoms with Crippen LogP contribution in [-0.2, 0) is 6.54 Å². The van der Waals surface area contributed by atoms with Crippen molar-refractivity contribution in [2.45, 2.75) is 51.6 Å². The number of nitrogens with zero attached hydrogens (tertiary/aromatic N) is 6. The molecule has 1 saturated heterocycles. The van der Waals surface area contributed by atoms with Gasteiger partial charge < -0.3 is 14.8 Å². The van der Waals surface area contributed by atoms with Crippen LogP contribution in [0.2, 0.25) is 0 Å². The Balaban J connectivity index is 1.11. The van der Waals surface area contributed by atoms with Crippen LogP contribution in [0.25, 0.3) is 28.3 Å². The highest BCUT2D eigenvalue weighted by molar-refractivity contribution is 5.72. The Morgan fingerprint density at radius 2 is 1.85 bits per heavy atom. The molecular weight excluding hydrogens is 482 g/mol. The van der Waals surface area contributed by atoms with Gasteiger partial charge in [0.15, 0.2) is 5.82 Å². The second-order valence-electron chi connectivity index (χ2n) is 11.7. The molecule has 4 heterocycles. The first-order valence-electron chi connectivity index (χ1n) is 14.4. The molecule has 0 radical (unpaired) electrons. The molecule has 1 aliphatic carbocycles. The summed E-state index contributed by atoms with van der Waals surface area (Å²) in [6.45, 7) is 6.53. The van der Waals surface area contributed by atoms with Gasteiger partial charge in [-0.2, -0.15) is 5.26 Å². The normalized spacial score (nSPS) is 22.1. The number of aromatic nitrogens is 4. The summed E-state index contributed by atoms with van der Waals surface area (Å²) in [5.41, 5.74) is 7.65. The lowest BCUT2D eigenvalue weighted by Crippen LogP contribution is -2.36. The van der Waals surface area contributed by atoms with Gasteiger partial charge in [0, 0.05) is 43.1 Å². The van der Waals surface area contributed by atoms with Crippen LogP contribution in [0.15, 0.2) is 61.1 Å². The fraction of sp³-hybridized carbons (Fsp3) is 0.406. The highest BCUT2D eigenvalue weighted by Gasteiger charge is 2.27. The molecular formula is C32H35N7. The molecule has 0 spiro atoms. The summed E-state index contributed by atoms with van der Waals surface area (Å²) in [7, 11) is 0. The van der Waals surface area contributed by atoms with Gasteiger partial charge in [0.1, 0.15) is 6.33 Å². The Kier molecular flexibility index (Phi) is 6.21. The quantitative estimate of drug-likeness (QED) is 0.327. The number of nitrogens with one attached hydrogen (secondary N) is 1. The minimum atomic E-state index is 0.671. The minimum absolute atomic E-state index is 0.671. The summed E-state index contributed by atoms with van der Waals surface area (Å²) >= 11 is 0. The fourth-order valence-electron chi connectivity index (χ4n) is 6.65. The first-order valence-corrected chi connectivity index (χ1v) is 14.4. The van der Waals surface area contributed by atoms with Gasteiger partial charge in [0.2, 0.25) is 0 Å². The maximum atomic E-state index is 9.17. The van der Waals surface area contributed by atoms with Crippen molar-refractivity contribution in [1.82, 2.24) is 24.6 Å². The molecule has 3 aliphatic rings. The molecule has 0 bridgehead atoms. The number of anilines is 1. The predicted octanol–water partition coefficient (Wildman–Crippen LogP) is 5.63. The van der Waals surface area contributed by atoms with Crippen molar-refractivity contribution in [2.75, 3.05) is 24.5 Å². The van der Waals surface area contributed by atoms with E-state index in [0.717, 1.165) is 60.4 Å². The molecule has 7 rings (SSSR count). The van der Waals surface area contributed by atoms with E-state index in [4.69, 9.17) is 5.26 Å². The summed E-state index contributed by atoms with van der Waals surface area (Å²) < 4.78 is 4.40. The van der Waals surface area contributed by atoms with E-state index in [2.05, 4.69) is 73.0 Å². The SMILES string of the molecule is CC1CCC(NC[C@@H]2CCN(c3ccc4c(c3)Cn3cc(-c5ccc(C#N)cc5)cc3-c3nncn3-4)C2)CC1. The van der Waals surface area contributed by atoms with Gasteiger partial charge in [-0.15, -0.1) is 10.2 Å². The predicted molar refractivity (Wildman–Crippen MR) is 154 cm³/mol. The standard InChI is InChI=1S/C32H35N7/c1-22-2-8-28(9-3-22)34-17-24-12-13-37(18-24)29-10-11-30-27(14-29)20-38-19-26(25-6-4-23(16-33)5-7-25)15-31(38)32-36-35-21-39(30)32/h4-7,10-11,14-15,19,21-22,24,28,34H,2-3,8-9,12-13,17-18,20H2,1H3/t22?,24-,28?/m0/s1. The lowest BCUT2D eigenvalue weighted by Gasteiger charge is -2.28. The fourth-order valence-corrected chi connectivity index (χ4v) is 6.65. The Bertz CT molecular complexity index is 1510. The Morgan fingerprint density at radius 3 is 2.67 bits per heavy atom. The van der Waals surface area contributed by atoms with E-state index >= 15 is 0 Å². The second-order valence-corrected chi connectivity index (χ2v) is 11.7. The van der Waals surface area contributed by atoms with E-state index in [1.807, 2.05) is 30.6 Å². The molecule has 7 heteroatoms. The molecule has 2 aliphatic heterocycles. The maximum absolute atomic E-state index is 9.17. The van der Waals surface area contributed by atoms with Gasteiger partial charge >= 0.3 is 0 Å². The smallest absolute Gasteiger partial charge is 0.185 e. The average Bonchev–Trinajstić information content (AvgIpc) is 3.72. The maximum Gasteiger partial charge on any atom is 0.185 e. The summed E-state index contributed by atoms with van der Waals surface area (Å²) in [5.74, 6) is 2.46. The zero-order valence-electron chi connectivity index (χ0n) is 22.6. The Labute approximate surface area is 230 Å². The van der Waals surface area contributed by atoms with E-state index in [1.54, 1.807) is 0 Å². The molecule has 1 saturated carbocycles. The van der Waals surface area contributed by atoms with Crippen molar-refractivity contribution in [3.63, 3.8) is 0 Å². The zero-order valence-corrected chi connectivity index (χ0v) is 22.6. The first-order chi connectivity index (χ1) is 19.1. The molecule has 1 atom stereocenters. The van der Waals surface area contributed by atoms with Gasteiger partial charge in [0.05, 0.1) is 23.0 Å². The van der Waals surface area contributed by atoms with Crippen molar-refractivity contribution in [1.29, 1.82) is 5.26 Å². The number of hydrogen-bond donors (Lipinski definition) is 1. The monoisotopic (exact) mass is 517 g/mol. The number of rotatable bonds is 5. The van der Waals surface area contributed by atoms with E-state index in [1.165, 1.54) is 43.4 Å². The van der Waals surface area contributed by atoms with Crippen LogP contribution in [0, 0.1) is 23.2 Å². The molecule has 4 aromatic rings. The third kappa shape index (κ3) is 4.63. The van der Waals surface area contributed by atoms with Crippen LogP contribution in [-0.4, -0.2) is 45.0 Å². The van der Waals surface area contributed by atoms with Crippen LogP contribution < -0.4 is 10.2 Å². The summed E-state index contributed by atoms with van der Waals surface area (Å²) in [4.78, 5) is 2.56. The zero-order chi connectivity index (χ0) is 26.3. The molecule has 198 valence electrons. The minimum Gasteiger partial charge on any atom is -0.371 e. The van der Waals surface area contributed by atoms with Gasteiger partial charge in [-0.25, -0.2) is 0 Å². The summed E-state index contributed by atoms with van der Waals surface area (Å²) in [6, 6.07) is 19.7. The van der Waals surface area contributed by atoms with Crippen LogP contribution in [0.5, 0.6) is 0 Å². The molecule has 2 fully saturated rings. The Morgan fingerprint density at radius 1 is 1.00 bits per heavy atom. The van der Waals surface area contributed by atoms with Gasteiger partial charge in [0.25, 0.3) is 0 Å². The molecule has 1 N–H and O–H groups in total. The van der Waals surface area contributed by atoms with Crippen molar-refractivity contribution in [3.05, 3.63) is 72.2 Å². The number of hydrogen-bond acceptors (Lipinski definition) is 5. The van der Waals surface area contributed by atoms with Crippen LogP contribution in [0.1, 0.15) is 50.2 Å². The molecule has 0 amide bonds. The van der Waals surface area contributed by atoms with Crippen molar-refractivity contribution in [3.8, 4) is 34.4 Å². The van der Waals surface area contributed by atoms with E-state index in [0.29, 0.717) is 17.5 Å². The molecule has 0 unspecified atom stereocenters. The van der Waals surface area contributed by atoms with Crippen molar-refractivity contribution >= 4 is 5.69 Å². The van der Waals surface area contributed by atoms with Crippen LogP contribution >= 0.6 is 0 Å². The highest BCUT2D eigenvalue weighted by Crippen LogP contribution is 2.36. The molecule has 2 aromatic heterocycles. The van der Waals surface area contributed by atoms with Crippen molar-refractivity contribution in [2.24, 2.45) is 11.8 Å². The van der Waals surface area contributed by atoms with E-state index in [-0.39, 0.29) is 0 Å². The summed E-state index contributed by atoms with van der Waals surface area (Å²) in [6.07, 6.45) is 10.7. The number of fused-ring (bicyclic) bond motifs is 5. The average molecular weight is 518 g/mol. The third-order valence-corrected chi connectivity index (χ3v) is 9.05. The highest BCUT2D eigenvalue weighted by atomic mass is 15.3. The van der Waals surface area contributed by atoms with Crippen LogP contribution in [0.4, 0.5) is 5.69 Å². The van der Waals surface area contributed by atoms with Crippen molar-refractivity contribution < 1.29 is 0 Å². The number of nitriles is 1. The van der Waals surface area contributed by atoms with Crippen LogP contribution in [0.3, 0.4) is 0 Å². The van der Waals surface area contributed by atoms with E-state index in [9.17, 15) is 0 Å². The first kappa shape index (κ1) is 24.2. The topological polar surface area (TPSA) is 74.7 Å². The largest absolute Gasteiger partial charge is 0.371 e. The molecule has 7 nitrogen and oxygen atoms in total. The van der Waals surface area contributed by atoms with Gasteiger partial charge in [-0.1, -0.05) is 19.1 Å². The summed E-state index contributed by atoms with van der Waals surface area (Å²) in [5, 5.41) is 21.8. The van der Waals surface area contributed by atoms with Gasteiger partial charge in [-0.3, -0.25) is 4.57 Å². The molecule has 2 aromatic carbocycles.